The Hall–Kier alpha value is -1.93. The van der Waals surface area contributed by atoms with E-state index in [9.17, 15) is 4.79 Å². The van der Waals surface area contributed by atoms with Crippen molar-refractivity contribution in [2.45, 2.75) is 5.22 Å². The molecule has 3 aromatic rings. The minimum absolute atomic E-state index is 0.162. The molecule has 4 rings (SSSR count). The largest absolute Gasteiger partial charge is 0.431 e. The van der Waals surface area contributed by atoms with E-state index in [2.05, 4.69) is 15.2 Å². The first-order valence-corrected chi connectivity index (χ1v) is 10.4. The molecule has 2 aromatic carbocycles. The van der Waals surface area contributed by atoms with Crippen molar-refractivity contribution in [2.24, 2.45) is 0 Å². The number of anilines is 2. The van der Waals surface area contributed by atoms with E-state index in [1.165, 1.54) is 11.8 Å². The fourth-order valence-corrected chi connectivity index (χ4v) is 4.08. The van der Waals surface area contributed by atoms with Crippen molar-refractivity contribution < 1.29 is 13.9 Å². The molecule has 2 heterocycles. The zero-order valence-electron chi connectivity index (χ0n) is 14.8. The monoisotopic (exact) mass is 437 g/mol. The number of carbonyl (C=O) groups excluding carboxylic acids is 1. The van der Waals surface area contributed by atoms with Crippen molar-refractivity contribution in [3.8, 4) is 0 Å². The quantitative estimate of drug-likeness (QED) is 0.583. The number of benzene rings is 2. The summed E-state index contributed by atoms with van der Waals surface area (Å²) in [5.41, 5.74) is 2.81. The van der Waals surface area contributed by atoms with Crippen molar-refractivity contribution in [1.82, 2.24) is 4.98 Å². The molecule has 28 heavy (non-hydrogen) atoms. The van der Waals surface area contributed by atoms with Crippen molar-refractivity contribution in [3.05, 3.63) is 46.4 Å². The lowest BCUT2D eigenvalue weighted by Crippen LogP contribution is -2.37. The van der Waals surface area contributed by atoms with E-state index in [-0.39, 0.29) is 11.7 Å². The molecule has 0 spiro atoms. The van der Waals surface area contributed by atoms with Crippen LogP contribution in [-0.2, 0) is 9.53 Å². The van der Waals surface area contributed by atoms with Gasteiger partial charge in [0.1, 0.15) is 5.52 Å². The summed E-state index contributed by atoms with van der Waals surface area (Å²) < 4.78 is 11.0. The van der Waals surface area contributed by atoms with Gasteiger partial charge in [-0.15, -0.1) is 0 Å². The number of halogens is 2. The van der Waals surface area contributed by atoms with E-state index in [1.54, 1.807) is 18.2 Å². The summed E-state index contributed by atoms with van der Waals surface area (Å²) in [6.07, 6.45) is 0. The minimum atomic E-state index is -0.165. The number of aromatic nitrogens is 1. The van der Waals surface area contributed by atoms with E-state index in [1.807, 2.05) is 18.2 Å². The molecule has 0 saturated carbocycles. The highest BCUT2D eigenvalue weighted by Crippen LogP contribution is 2.34. The molecular formula is C19H17Cl2N3O3S. The van der Waals surface area contributed by atoms with Gasteiger partial charge in [0, 0.05) is 18.1 Å². The molecule has 0 aliphatic carbocycles. The Bertz CT molecular complexity index is 1010. The second-order valence-corrected chi connectivity index (χ2v) is 7.93. The lowest BCUT2D eigenvalue weighted by molar-refractivity contribution is -0.113. The van der Waals surface area contributed by atoms with Gasteiger partial charge in [0.05, 0.1) is 35.4 Å². The topological polar surface area (TPSA) is 67.6 Å². The Kier molecular flexibility index (Phi) is 5.96. The highest BCUT2D eigenvalue weighted by Gasteiger charge is 2.19. The van der Waals surface area contributed by atoms with Crippen LogP contribution in [0.25, 0.3) is 11.1 Å². The van der Waals surface area contributed by atoms with E-state index >= 15 is 0 Å². The first-order chi connectivity index (χ1) is 13.6. The number of amides is 1. The first-order valence-electron chi connectivity index (χ1n) is 8.70. The fourth-order valence-electron chi connectivity index (χ4n) is 2.98. The molecule has 1 N–H and O–H groups in total. The predicted molar refractivity (Wildman–Crippen MR) is 113 cm³/mol. The summed E-state index contributed by atoms with van der Waals surface area (Å²) in [4.78, 5) is 19.0. The molecule has 1 amide bonds. The number of para-hydroxylation sites is 1. The maximum Gasteiger partial charge on any atom is 0.257 e. The van der Waals surface area contributed by atoms with Gasteiger partial charge in [-0.25, -0.2) is 4.98 Å². The molecule has 146 valence electrons. The molecule has 0 bridgehead atoms. The summed E-state index contributed by atoms with van der Waals surface area (Å²) >= 11 is 13.6. The van der Waals surface area contributed by atoms with Gasteiger partial charge in [-0.3, -0.25) is 4.79 Å². The number of nitrogens with zero attached hydrogens (tertiary/aromatic N) is 2. The van der Waals surface area contributed by atoms with Gasteiger partial charge in [0.25, 0.3) is 5.22 Å². The van der Waals surface area contributed by atoms with Crippen LogP contribution < -0.4 is 10.2 Å². The van der Waals surface area contributed by atoms with Crippen molar-refractivity contribution in [3.63, 3.8) is 0 Å². The number of fused-ring (bicyclic) bond motifs is 1. The van der Waals surface area contributed by atoms with Crippen LogP contribution in [0.15, 0.2) is 46.0 Å². The van der Waals surface area contributed by atoms with Gasteiger partial charge in [-0.1, -0.05) is 41.0 Å². The number of oxazole rings is 1. The van der Waals surface area contributed by atoms with Gasteiger partial charge in [0.15, 0.2) is 5.58 Å². The lowest BCUT2D eigenvalue weighted by atomic mass is 10.2. The van der Waals surface area contributed by atoms with E-state index in [4.69, 9.17) is 32.4 Å². The molecule has 1 fully saturated rings. The summed E-state index contributed by atoms with van der Waals surface area (Å²) in [5, 5.41) is 4.56. The molecule has 0 unspecified atom stereocenters. The summed E-state index contributed by atoms with van der Waals surface area (Å²) in [6, 6.07) is 10.7. The Morgan fingerprint density at radius 3 is 2.86 bits per heavy atom. The van der Waals surface area contributed by atoms with E-state index in [0.29, 0.717) is 45.3 Å². The second kappa shape index (κ2) is 8.61. The maximum atomic E-state index is 12.5. The molecule has 0 atom stereocenters. The molecule has 1 aromatic heterocycles. The van der Waals surface area contributed by atoms with Crippen molar-refractivity contribution >= 4 is 63.3 Å². The number of hydrogen-bond donors (Lipinski definition) is 1. The number of carbonyl (C=O) groups is 1. The van der Waals surface area contributed by atoms with Crippen molar-refractivity contribution in [1.29, 1.82) is 0 Å². The van der Waals surface area contributed by atoms with Crippen LogP contribution >= 0.6 is 35.0 Å². The number of hydrogen-bond acceptors (Lipinski definition) is 6. The highest BCUT2D eigenvalue weighted by atomic mass is 35.5. The van der Waals surface area contributed by atoms with Crippen LogP contribution in [-0.4, -0.2) is 42.9 Å². The predicted octanol–water partition coefficient (Wildman–Crippen LogP) is 4.70. The van der Waals surface area contributed by atoms with Gasteiger partial charge in [0.2, 0.25) is 5.91 Å². The molecule has 6 nitrogen and oxygen atoms in total. The van der Waals surface area contributed by atoms with Crippen LogP contribution in [0.1, 0.15) is 0 Å². The number of rotatable bonds is 5. The normalized spacial score (nSPS) is 14.4. The van der Waals surface area contributed by atoms with Gasteiger partial charge in [-0.05, 0) is 30.3 Å². The van der Waals surface area contributed by atoms with Crippen LogP contribution in [0, 0.1) is 0 Å². The molecule has 0 radical (unpaired) electrons. The average molecular weight is 438 g/mol. The number of nitrogens with one attached hydrogen (secondary N) is 1. The number of ether oxygens (including phenoxy) is 1. The van der Waals surface area contributed by atoms with Crippen molar-refractivity contribution in [2.75, 3.05) is 42.3 Å². The first kappa shape index (κ1) is 19.4. The zero-order chi connectivity index (χ0) is 19.5. The molecule has 1 aliphatic rings. The Balaban J connectivity index is 1.44. The van der Waals surface area contributed by atoms with Crippen LogP contribution in [0.4, 0.5) is 11.4 Å². The third kappa shape index (κ3) is 4.38. The Morgan fingerprint density at radius 2 is 2.04 bits per heavy atom. The average Bonchev–Trinajstić information content (AvgIpc) is 3.09. The summed E-state index contributed by atoms with van der Waals surface area (Å²) in [7, 11) is 0. The lowest BCUT2D eigenvalue weighted by Gasteiger charge is -2.31. The standard InChI is InChI=1S/C19H17Cl2N3O3S/c20-12-4-5-16-15(10-12)23-19(27-16)28-11-17(25)22-14-3-1-2-13(21)18(14)24-6-8-26-9-7-24/h1-5,10H,6-9,11H2,(H,22,25). The van der Waals surface area contributed by atoms with E-state index in [0.717, 1.165) is 18.8 Å². The summed E-state index contributed by atoms with van der Waals surface area (Å²) in [6.45, 7) is 2.73. The SMILES string of the molecule is O=C(CSc1nc2cc(Cl)ccc2o1)Nc1cccc(Cl)c1N1CCOCC1. The molecule has 1 aliphatic heterocycles. The number of thioether (sulfide) groups is 1. The Labute approximate surface area is 176 Å². The summed E-state index contributed by atoms with van der Waals surface area (Å²) in [5.74, 6) is -0.00244. The van der Waals surface area contributed by atoms with Gasteiger partial charge in [-0.2, -0.15) is 0 Å². The third-order valence-electron chi connectivity index (χ3n) is 4.24. The molecular weight excluding hydrogens is 421 g/mol. The van der Waals surface area contributed by atoms with Crippen LogP contribution in [0.5, 0.6) is 0 Å². The smallest absolute Gasteiger partial charge is 0.257 e. The highest BCUT2D eigenvalue weighted by molar-refractivity contribution is 7.99. The van der Waals surface area contributed by atoms with Crippen LogP contribution in [0.2, 0.25) is 10.0 Å². The molecule has 1 saturated heterocycles. The van der Waals surface area contributed by atoms with Gasteiger partial charge >= 0.3 is 0 Å². The minimum Gasteiger partial charge on any atom is -0.431 e. The fraction of sp³-hybridized carbons (Fsp3) is 0.263. The Morgan fingerprint density at radius 1 is 1.21 bits per heavy atom. The zero-order valence-corrected chi connectivity index (χ0v) is 17.1. The maximum absolute atomic E-state index is 12.5. The molecule has 9 heteroatoms. The second-order valence-electron chi connectivity index (χ2n) is 6.16. The van der Waals surface area contributed by atoms with E-state index < -0.39 is 0 Å². The van der Waals surface area contributed by atoms with Gasteiger partial charge < -0.3 is 19.4 Å². The number of morpholine rings is 1. The van der Waals surface area contributed by atoms with Crippen LogP contribution in [0.3, 0.4) is 0 Å². The third-order valence-corrected chi connectivity index (χ3v) is 5.61.